The first kappa shape index (κ1) is 19.4. The largest absolute Gasteiger partial charge is 0.416 e. The summed E-state index contributed by atoms with van der Waals surface area (Å²) in [7, 11) is 0. The van der Waals surface area contributed by atoms with Crippen molar-refractivity contribution in [3.05, 3.63) is 59.2 Å². The van der Waals surface area contributed by atoms with Crippen LogP contribution in [0.25, 0.3) is 10.2 Å². The number of nitrogens with zero attached hydrogens (tertiary/aromatic N) is 1. The Bertz CT molecular complexity index is 950. The highest BCUT2D eigenvalue weighted by atomic mass is 32.1. The number of nitrogens with one attached hydrogen (secondary N) is 1. The van der Waals surface area contributed by atoms with Gasteiger partial charge >= 0.3 is 6.18 Å². The van der Waals surface area contributed by atoms with E-state index in [1.807, 2.05) is 12.1 Å². The number of benzene rings is 2. The van der Waals surface area contributed by atoms with E-state index in [1.165, 1.54) is 29.0 Å². The molecule has 0 fully saturated rings. The fraction of sp³-hybridized carbons (Fsp3) is 0.300. The van der Waals surface area contributed by atoms with E-state index in [-0.39, 0.29) is 12.3 Å². The third-order valence-corrected chi connectivity index (χ3v) is 5.07. The van der Waals surface area contributed by atoms with Crippen molar-refractivity contribution in [3.63, 3.8) is 0 Å². The molecule has 0 aliphatic heterocycles. The quantitative estimate of drug-likeness (QED) is 0.573. The van der Waals surface area contributed by atoms with Gasteiger partial charge in [-0.05, 0) is 42.2 Å². The predicted molar refractivity (Wildman–Crippen MR) is 102 cm³/mol. The molecule has 3 aromatic rings. The Hall–Kier alpha value is -2.41. The molecule has 1 N–H and O–H groups in total. The van der Waals surface area contributed by atoms with Crippen LogP contribution in [0.4, 0.5) is 18.3 Å². The van der Waals surface area contributed by atoms with Crippen LogP contribution in [0.5, 0.6) is 0 Å². The van der Waals surface area contributed by atoms with Crippen LogP contribution in [0, 0.1) is 0 Å². The Morgan fingerprint density at radius 2 is 1.96 bits per heavy atom. The summed E-state index contributed by atoms with van der Waals surface area (Å²) in [6.45, 7) is 2.14. The molecule has 0 aliphatic rings. The number of rotatable bonds is 6. The van der Waals surface area contributed by atoms with Crippen molar-refractivity contribution < 1.29 is 18.0 Å². The maximum atomic E-state index is 12.8. The summed E-state index contributed by atoms with van der Waals surface area (Å²) in [6.07, 6.45) is -1.32. The van der Waals surface area contributed by atoms with Crippen molar-refractivity contribution in [2.45, 2.75) is 38.8 Å². The van der Waals surface area contributed by atoms with Crippen LogP contribution in [0.3, 0.4) is 0 Å². The molecule has 0 spiro atoms. The number of alkyl halides is 3. The number of unbranched alkanes of at least 4 members (excludes halogenated alkanes) is 1. The average molecular weight is 392 g/mol. The molecule has 3 nitrogen and oxygen atoms in total. The van der Waals surface area contributed by atoms with Gasteiger partial charge in [0.15, 0.2) is 5.13 Å². The fourth-order valence-corrected chi connectivity index (χ4v) is 3.71. The van der Waals surface area contributed by atoms with Crippen molar-refractivity contribution in [2.24, 2.45) is 0 Å². The Kier molecular flexibility index (Phi) is 5.79. The Morgan fingerprint density at radius 3 is 2.70 bits per heavy atom. The summed E-state index contributed by atoms with van der Waals surface area (Å²) in [4.78, 5) is 16.6. The van der Waals surface area contributed by atoms with Gasteiger partial charge in [-0.1, -0.05) is 48.9 Å². The van der Waals surface area contributed by atoms with Crippen LogP contribution in [-0.2, 0) is 23.8 Å². The topological polar surface area (TPSA) is 42.0 Å². The number of anilines is 1. The average Bonchev–Trinajstić information content (AvgIpc) is 3.00. The maximum Gasteiger partial charge on any atom is 0.416 e. The molecular weight excluding hydrogens is 373 g/mol. The maximum absolute atomic E-state index is 12.8. The van der Waals surface area contributed by atoms with E-state index in [0.29, 0.717) is 10.7 Å². The SMILES string of the molecule is CCCCc1ccc2nc(NC(=O)Cc3cccc(C(F)(F)F)c3)sc2c1. The van der Waals surface area contributed by atoms with E-state index < -0.39 is 11.7 Å². The van der Waals surface area contributed by atoms with Crippen LogP contribution >= 0.6 is 11.3 Å². The molecule has 7 heteroatoms. The minimum Gasteiger partial charge on any atom is -0.302 e. The van der Waals surface area contributed by atoms with E-state index in [2.05, 4.69) is 23.3 Å². The Balaban J connectivity index is 1.69. The summed E-state index contributed by atoms with van der Waals surface area (Å²) in [5, 5.41) is 3.14. The van der Waals surface area contributed by atoms with Gasteiger partial charge in [0, 0.05) is 0 Å². The lowest BCUT2D eigenvalue weighted by Gasteiger charge is -2.08. The summed E-state index contributed by atoms with van der Waals surface area (Å²) < 4.78 is 39.3. The van der Waals surface area contributed by atoms with E-state index in [9.17, 15) is 18.0 Å². The van der Waals surface area contributed by atoms with Crippen molar-refractivity contribution in [2.75, 3.05) is 5.32 Å². The first-order chi connectivity index (χ1) is 12.8. The molecule has 3 rings (SSSR count). The molecule has 0 radical (unpaired) electrons. The number of thiazole rings is 1. The lowest BCUT2D eigenvalue weighted by atomic mass is 10.1. The second-order valence-electron chi connectivity index (χ2n) is 6.35. The molecular formula is C20H19F3N2OS. The standard InChI is InChI=1S/C20H19F3N2OS/c1-2-3-5-13-8-9-16-17(11-13)27-19(24-16)25-18(26)12-14-6-4-7-15(10-14)20(21,22)23/h4,6-11H,2-3,5,12H2,1H3,(H,24,25,26). The monoisotopic (exact) mass is 392 g/mol. The second kappa shape index (κ2) is 8.08. The molecule has 1 amide bonds. The number of aromatic nitrogens is 1. The smallest absolute Gasteiger partial charge is 0.302 e. The number of carbonyl (C=O) groups excluding carboxylic acids is 1. The molecule has 1 heterocycles. The second-order valence-corrected chi connectivity index (χ2v) is 7.38. The highest BCUT2D eigenvalue weighted by Crippen LogP contribution is 2.30. The molecule has 1 aromatic heterocycles. The molecule has 0 unspecified atom stereocenters. The lowest BCUT2D eigenvalue weighted by molar-refractivity contribution is -0.137. The van der Waals surface area contributed by atoms with E-state index in [4.69, 9.17) is 0 Å². The van der Waals surface area contributed by atoms with Crippen molar-refractivity contribution in [1.82, 2.24) is 4.98 Å². The molecule has 0 atom stereocenters. The highest BCUT2D eigenvalue weighted by Gasteiger charge is 2.30. The minimum absolute atomic E-state index is 0.137. The summed E-state index contributed by atoms with van der Waals surface area (Å²) in [5.74, 6) is -0.389. The fourth-order valence-electron chi connectivity index (χ4n) is 2.77. The van der Waals surface area contributed by atoms with Crippen LogP contribution in [0.2, 0.25) is 0 Å². The number of hydrogen-bond donors (Lipinski definition) is 1. The lowest BCUT2D eigenvalue weighted by Crippen LogP contribution is -2.15. The van der Waals surface area contributed by atoms with Gasteiger partial charge in [-0.2, -0.15) is 13.2 Å². The van der Waals surface area contributed by atoms with Crippen LogP contribution in [-0.4, -0.2) is 10.9 Å². The van der Waals surface area contributed by atoms with Gasteiger partial charge in [0.05, 0.1) is 22.2 Å². The van der Waals surface area contributed by atoms with E-state index >= 15 is 0 Å². The zero-order valence-electron chi connectivity index (χ0n) is 14.8. The van der Waals surface area contributed by atoms with Crippen LogP contribution < -0.4 is 5.32 Å². The molecule has 2 aromatic carbocycles. The normalized spacial score (nSPS) is 11.7. The van der Waals surface area contributed by atoms with Gasteiger partial charge in [0.2, 0.25) is 5.91 Å². The van der Waals surface area contributed by atoms with Crippen molar-refractivity contribution in [1.29, 1.82) is 0 Å². The van der Waals surface area contributed by atoms with Crippen LogP contribution in [0.1, 0.15) is 36.5 Å². The molecule has 142 valence electrons. The first-order valence-corrected chi connectivity index (χ1v) is 9.52. The number of fused-ring (bicyclic) bond motifs is 1. The minimum atomic E-state index is -4.42. The van der Waals surface area contributed by atoms with E-state index in [0.717, 1.165) is 41.6 Å². The van der Waals surface area contributed by atoms with Gasteiger partial charge in [-0.25, -0.2) is 4.98 Å². The molecule has 0 bridgehead atoms. The van der Waals surface area contributed by atoms with Gasteiger partial charge in [-0.15, -0.1) is 0 Å². The number of aryl methyl sites for hydroxylation is 1. The first-order valence-electron chi connectivity index (χ1n) is 8.70. The van der Waals surface area contributed by atoms with Crippen molar-refractivity contribution in [3.8, 4) is 0 Å². The number of halogens is 3. The van der Waals surface area contributed by atoms with Gasteiger partial charge in [0.25, 0.3) is 0 Å². The van der Waals surface area contributed by atoms with Crippen LogP contribution in [0.15, 0.2) is 42.5 Å². The zero-order valence-corrected chi connectivity index (χ0v) is 15.6. The zero-order chi connectivity index (χ0) is 19.4. The van der Waals surface area contributed by atoms with Gasteiger partial charge < -0.3 is 5.32 Å². The van der Waals surface area contributed by atoms with Gasteiger partial charge in [0.1, 0.15) is 0 Å². The molecule has 0 saturated heterocycles. The molecule has 0 aliphatic carbocycles. The molecule has 27 heavy (non-hydrogen) atoms. The van der Waals surface area contributed by atoms with Gasteiger partial charge in [-0.3, -0.25) is 4.79 Å². The number of carbonyl (C=O) groups is 1. The summed E-state index contributed by atoms with van der Waals surface area (Å²) >= 11 is 1.37. The Morgan fingerprint density at radius 1 is 1.15 bits per heavy atom. The summed E-state index contributed by atoms with van der Waals surface area (Å²) in [6, 6.07) is 10.8. The van der Waals surface area contributed by atoms with Crippen molar-refractivity contribution >= 4 is 32.6 Å². The molecule has 0 saturated carbocycles. The predicted octanol–water partition coefficient (Wildman–Crippen LogP) is 5.84. The van der Waals surface area contributed by atoms with E-state index in [1.54, 1.807) is 0 Å². The number of hydrogen-bond acceptors (Lipinski definition) is 3. The highest BCUT2D eigenvalue weighted by molar-refractivity contribution is 7.22. The Labute approximate surface area is 159 Å². The third-order valence-electron chi connectivity index (χ3n) is 4.14. The summed E-state index contributed by atoms with van der Waals surface area (Å²) in [5.41, 5.74) is 1.59. The number of amides is 1. The third kappa shape index (κ3) is 5.07.